The second kappa shape index (κ2) is 11.7. The van der Waals surface area contributed by atoms with Crippen molar-refractivity contribution in [3.63, 3.8) is 0 Å². The van der Waals surface area contributed by atoms with Crippen molar-refractivity contribution in [2.24, 2.45) is 11.8 Å². The fraction of sp³-hybridized carbons (Fsp3) is 0.562. The van der Waals surface area contributed by atoms with Crippen LogP contribution in [0, 0.1) is 11.8 Å². The van der Waals surface area contributed by atoms with Crippen LogP contribution in [0.5, 0.6) is 11.5 Å². The van der Waals surface area contributed by atoms with E-state index in [-0.39, 0.29) is 5.75 Å². The standard InChI is InChI=1S/C32H40F2O2S/c1-3-5-22-6-15-27(16-7-22)32(33,34)36-28-17-12-24(13-18-28)23-8-10-25(11-9-23)30-20-26-14-19-29(35-4-2)21-31(26)37-30/h12-14,17-23,25,27H,3-11,15-16H2,1-2H3. The zero-order chi connectivity index (χ0) is 25.8. The first-order chi connectivity index (χ1) is 17.9. The van der Waals surface area contributed by atoms with Crippen LogP contribution in [-0.4, -0.2) is 12.7 Å². The smallest absolute Gasteiger partial charge is 0.400 e. The van der Waals surface area contributed by atoms with Crippen LogP contribution >= 0.6 is 11.3 Å². The monoisotopic (exact) mass is 526 g/mol. The largest absolute Gasteiger partial charge is 0.494 e. The SMILES string of the molecule is CCCC1CCC(C(F)(F)Oc2ccc(C3CCC(c4cc5ccc(OCC)cc5s4)CC3)cc2)CC1. The molecule has 0 radical (unpaired) electrons. The third-order valence-corrected chi connectivity index (χ3v) is 9.84. The molecular formula is C32H40F2O2S. The number of ether oxygens (including phenoxy) is 2. The minimum absolute atomic E-state index is 0.287. The highest BCUT2D eigenvalue weighted by molar-refractivity contribution is 7.19. The van der Waals surface area contributed by atoms with E-state index < -0.39 is 12.0 Å². The molecule has 0 spiro atoms. The average Bonchev–Trinajstić information content (AvgIpc) is 3.33. The van der Waals surface area contributed by atoms with E-state index in [9.17, 15) is 8.78 Å². The topological polar surface area (TPSA) is 18.5 Å². The van der Waals surface area contributed by atoms with Crippen LogP contribution < -0.4 is 9.47 Å². The quantitative estimate of drug-likeness (QED) is 0.276. The summed E-state index contributed by atoms with van der Waals surface area (Å²) in [6.07, 6.45) is 6.69. The molecule has 3 aromatic rings. The molecule has 2 saturated carbocycles. The molecule has 1 aromatic heterocycles. The highest BCUT2D eigenvalue weighted by Gasteiger charge is 2.43. The number of rotatable bonds is 9. The van der Waals surface area contributed by atoms with E-state index in [0.717, 1.165) is 57.1 Å². The van der Waals surface area contributed by atoms with E-state index in [0.29, 0.717) is 37.2 Å². The van der Waals surface area contributed by atoms with Gasteiger partial charge in [-0.1, -0.05) is 31.9 Å². The molecule has 37 heavy (non-hydrogen) atoms. The van der Waals surface area contributed by atoms with Crippen molar-refractivity contribution in [1.29, 1.82) is 0 Å². The van der Waals surface area contributed by atoms with Crippen LogP contribution in [-0.2, 0) is 0 Å². The molecule has 0 N–H and O–H groups in total. The van der Waals surface area contributed by atoms with Gasteiger partial charge in [0.15, 0.2) is 0 Å². The van der Waals surface area contributed by atoms with E-state index in [1.54, 1.807) is 12.1 Å². The van der Waals surface area contributed by atoms with E-state index in [1.165, 1.54) is 20.5 Å². The van der Waals surface area contributed by atoms with Gasteiger partial charge >= 0.3 is 6.11 Å². The van der Waals surface area contributed by atoms with E-state index >= 15 is 0 Å². The van der Waals surface area contributed by atoms with Crippen LogP contribution in [0.1, 0.15) is 100 Å². The number of hydrogen-bond donors (Lipinski definition) is 0. The minimum atomic E-state index is -3.09. The van der Waals surface area contributed by atoms with Gasteiger partial charge in [-0.25, -0.2) is 0 Å². The Balaban J connectivity index is 1.14. The maximum absolute atomic E-state index is 14.9. The van der Waals surface area contributed by atoms with Crippen molar-refractivity contribution < 1.29 is 18.3 Å². The molecule has 2 aromatic carbocycles. The number of thiophene rings is 1. The van der Waals surface area contributed by atoms with Gasteiger partial charge in [-0.05, 0) is 123 Å². The maximum Gasteiger partial charge on any atom is 0.400 e. The van der Waals surface area contributed by atoms with Crippen molar-refractivity contribution >= 4 is 21.4 Å². The molecule has 2 nitrogen and oxygen atoms in total. The van der Waals surface area contributed by atoms with Crippen LogP contribution in [0.15, 0.2) is 48.5 Å². The molecule has 2 aliphatic rings. The average molecular weight is 527 g/mol. The van der Waals surface area contributed by atoms with Gasteiger partial charge in [-0.15, -0.1) is 11.3 Å². The van der Waals surface area contributed by atoms with Gasteiger partial charge in [-0.2, -0.15) is 8.78 Å². The first-order valence-electron chi connectivity index (χ1n) is 14.3. The molecule has 2 fully saturated rings. The highest BCUT2D eigenvalue weighted by atomic mass is 32.1. The Morgan fingerprint density at radius 2 is 1.49 bits per heavy atom. The zero-order valence-corrected chi connectivity index (χ0v) is 23.0. The van der Waals surface area contributed by atoms with Gasteiger partial charge < -0.3 is 9.47 Å². The first kappa shape index (κ1) is 26.5. The zero-order valence-electron chi connectivity index (χ0n) is 22.2. The Morgan fingerprint density at radius 1 is 0.811 bits per heavy atom. The third-order valence-electron chi connectivity index (χ3n) is 8.58. The second-order valence-electron chi connectivity index (χ2n) is 11.1. The highest BCUT2D eigenvalue weighted by Crippen LogP contribution is 2.45. The lowest BCUT2D eigenvalue weighted by Crippen LogP contribution is -2.37. The normalized spacial score (nSPS) is 24.8. The van der Waals surface area contributed by atoms with Crippen molar-refractivity contribution in [2.75, 3.05) is 6.61 Å². The molecule has 0 amide bonds. The number of benzene rings is 2. The molecule has 200 valence electrons. The molecule has 5 heteroatoms. The van der Waals surface area contributed by atoms with Gasteiger partial charge in [0.2, 0.25) is 0 Å². The summed E-state index contributed by atoms with van der Waals surface area (Å²) in [7, 11) is 0. The minimum Gasteiger partial charge on any atom is -0.494 e. The van der Waals surface area contributed by atoms with E-state index in [1.807, 2.05) is 30.4 Å². The summed E-state index contributed by atoms with van der Waals surface area (Å²) in [5, 5.41) is 1.30. The second-order valence-corrected chi connectivity index (χ2v) is 12.2. The van der Waals surface area contributed by atoms with Gasteiger partial charge in [0.05, 0.1) is 12.5 Å². The summed E-state index contributed by atoms with van der Waals surface area (Å²) in [6.45, 7) is 4.87. The number of halogens is 2. The molecule has 0 aliphatic heterocycles. The Hall–Kier alpha value is -2.14. The molecule has 0 bridgehead atoms. The van der Waals surface area contributed by atoms with Crippen LogP contribution in [0.4, 0.5) is 8.78 Å². The third kappa shape index (κ3) is 6.30. The lowest BCUT2D eigenvalue weighted by atomic mass is 9.78. The Morgan fingerprint density at radius 3 is 2.16 bits per heavy atom. The summed E-state index contributed by atoms with van der Waals surface area (Å²) in [5.41, 5.74) is 1.24. The fourth-order valence-corrected chi connectivity index (χ4v) is 7.71. The molecule has 2 aliphatic carbocycles. The van der Waals surface area contributed by atoms with Crippen molar-refractivity contribution in [3.8, 4) is 11.5 Å². The number of fused-ring (bicyclic) bond motifs is 1. The molecule has 5 rings (SSSR count). The summed E-state index contributed by atoms with van der Waals surface area (Å²) in [5.74, 6) is 2.25. The predicted molar refractivity (Wildman–Crippen MR) is 149 cm³/mol. The van der Waals surface area contributed by atoms with Gasteiger partial charge in [0.25, 0.3) is 0 Å². The van der Waals surface area contributed by atoms with Crippen LogP contribution in [0.2, 0.25) is 0 Å². The summed E-state index contributed by atoms with van der Waals surface area (Å²) < 4.78 is 42.0. The molecule has 0 unspecified atom stereocenters. The first-order valence-corrected chi connectivity index (χ1v) is 15.1. The fourth-order valence-electron chi connectivity index (χ4n) is 6.44. The van der Waals surface area contributed by atoms with Crippen molar-refractivity contribution in [2.45, 2.75) is 96.0 Å². The summed E-state index contributed by atoms with van der Waals surface area (Å²) in [6, 6.07) is 16.2. The van der Waals surface area contributed by atoms with Gasteiger partial charge in [0.1, 0.15) is 11.5 Å². The Labute approximate surface area is 224 Å². The molecule has 0 atom stereocenters. The lowest BCUT2D eigenvalue weighted by Gasteiger charge is -2.33. The summed E-state index contributed by atoms with van der Waals surface area (Å²) >= 11 is 1.89. The maximum atomic E-state index is 14.9. The van der Waals surface area contributed by atoms with Crippen LogP contribution in [0.25, 0.3) is 10.1 Å². The van der Waals surface area contributed by atoms with Crippen molar-refractivity contribution in [1.82, 2.24) is 0 Å². The Bertz CT molecular complexity index is 1140. The van der Waals surface area contributed by atoms with E-state index in [4.69, 9.17) is 9.47 Å². The van der Waals surface area contributed by atoms with Crippen LogP contribution in [0.3, 0.4) is 0 Å². The molecule has 1 heterocycles. The lowest BCUT2D eigenvalue weighted by molar-refractivity contribution is -0.223. The number of hydrogen-bond acceptors (Lipinski definition) is 3. The summed E-state index contributed by atoms with van der Waals surface area (Å²) in [4.78, 5) is 1.47. The Kier molecular flexibility index (Phi) is 8.38. The number of alkyl halides is 2. The van der Waals surface area contributed by atoms with E-state index in [2.05, 4.69) is 31.2 Å². The van der Waals surface area contributed by atoms with Gasteiger partial charge in [-0.3, -0.25) is 0 Å². The molecular weight excluding hydrogens is 486 g/mol. The van der Waals surface area contributed by atoms with Crippen molar-refractivity contribution in [3.05, 3.63) is 59.0 Å². The molecule has 0 saturated heterocycles. The predicted octanol–water partition coefficient (Wildman–Crippen LogP) is 10.3. The van der Waals surface area contributed by atoms with Gasteiger partial charge in [0, 0.05) is 9.58 Å².